The molecular weight excluding hydrogens is 318 g/mol. The number of sulfonamides is 1. The van der Waals surface area contributed by atoms with Crippen molar-refractivity contribution in [3.05, 3.63) is 30.6 Å². The molecule has 1 fully saturated rings. The molecule has 9 heteroatoms. The fraction of sp³-hybridized carbons (Fsp3) is 0.429. The van der Waals surface area contributed by atoms with Gasteiger partial charge in [-0.05, 0) is 41.5 Å². The van der Waals surface area contributed by atoms with Crippen molar-refractivity contribution in [1.29, 1.82) is 0 Å². The molecular formula is C14H17N5O3S. The first-order chi connectivity index (χ1) is 11.1. The normalized spacial score (nSPS) is 16.2. The van der Waals surface area contributed by atoms with Crippen molar-refractivity contribution in [2.45, 2.75) is 37.0 Å². The summed E-state index contributed by atoms with van der Waals surface area (Å²) in [6, 6.07) is 6.12. The molecule has 0 radical (unpaired) electrons. The van der Waals surface area contributed by atoms with Crippen molar-refractivity contribution in [1.82, 2.24) is 24.9 Å². The number of benzene rings is 1. The van der Waals surface area contributed by atoms with Gasteiger partial charge in [0, 0.05) is 5.92 Å². The van der Waals surface area contributed by atoms with Gasteiger partial charge in [0.1, 0.15) is 6.33 Å². The van der Waals surface area contributed by atoms with E-state index in [2.05, 4.69) is 20.2 Å². The number of nitrogens with one attached hydrogen (secondary N) is 1. The third-order valence-electron chi connectivity index (χ3n) is 3.95. The van der Waals surface area contributed by atoms with E-state index in [4.69, 9.17) is 0 Å². The maximum Gasteiger partial charge on any atom is 0.264 e. The molecule has 1 aliphatic carbocycles. The van der Waals surface area contributed by atoms with E-state index in [-0.39, 0.29) is 10.8 Å². The zero-order valence-corrected chi connectivity index (χ0v) is 13.2. The van der Waals surface area contributed by atoms with E-state index in [9.17, 15) is 13.2 Å². The summed E-state index contributed by atoms with van der Waals surface area (Å²) in [4.78, 5) is 12.2. The van der Waals surface area contributed by atoms with Gasteiger partial charge in [0.15, 0.2) is 0 Å². The highest BCUT2D eigenvalue weighted by Gasteiger charge is 2.26. The third kappa shape index (κ3) is 3.55. The smallest absolute Gasteiger partial charge is 0.264 e. The highest BCUT2D eigenvalue weighted by atomic mass is 32.2. The van der Waals surface area contributed by atoms with E-state index < -0.39 is 15.9 Å². The van der Waals surface area contributed by atoms with Gasteiger partial charge in [-0.25, -0.2) is 17.8 Å². The van der Waals surface area contributed by atoms with Gasteiger partial charge in [-0.15, -0.1) is 5.10 Å². The Morgan fingerprint density at radius 3 is 2.70 bits per heavy atom. The summed E-state index contributed by atoms with van der Waals surface area (Å²) in [6.07, 6.45) is 5.88. The quantitative estimate of drug-likeness (QED) is 0.895. The lowest BCUT2D eigenvalue weighted by Crippen LogP contribution is -2.36. The minimum atomic E-state index is -3.90. The summed E-state index contributed by atoms with van der Waals surface area (Å²) in [6.45, 7) is 0. The molecule has 0 atom stereocenters. The van der Waals surface area contributed by atoms with Crippen LogP contribution in [0.25, 0.3) is 5.69 Å². The van der Waals surface area contributed by atoms with Crippen molar-refractivity contribution in [2.24, 2.45) is 5.92 Å². The van der Waals surface area contributed by atoms with Crippen molar-refractivity contribution in [3.63, 3.8) is 0 Å². The lowest BCUT2D eigenvalue weighted by Gasteiger charge is -2.20. The van der Waals surface area contributed by atoms with E-state index in [1.165, 1.54) is 23.1 Å². The number of aromatic nitrogens is 4. The Morgan fingerprint density at radius 1 is 1.22 bits per heavy atom. The van der Waals surface area contributed by atoms with Gasteiger partial charge >= 0.3 is 0 Å². The van der Waals surface area contributed by atoms with E-state index in [0.29, 0.717) is 5.69 Å². The zero-order valence-electron chi connectivity index (χ0n) is 12.4. The molecule has 1 saturated carbocycles. The predicted octanol–water partition coefficient (Wildman–Crippen LogP) is 1.05. The topological polar surface area (TPSA) is 107 Å². The first-order valence-corrected chi connectivity index (χ1v) is 8.95. The molecule has 0 aliphatic heterocycles. The fourth-order valence-corrected chi connectivity index (χ4v) is 3.80. The van der Waals surface area contributed by atoms with Crippen LogP contribution >= 0.6 is 0 Å². The number of carbonyl (C=O) groups is 1. The molecule has 0 unspecified atom stereocenters. The maximum absolute atomic E-state index is 12.4. The maximum atomic E-state index is 12.4. The van der Waals surface area contributed by atoms with Crippen molar-refractivity contribution >= 4 is 15.9 Å². The number of carbonyl (C=O) groups excluding carboxylic acids is 1. The molecule has 8 nitrogen and oxygen atoms in total. The van der Waals surface area contributed by atoms with Crippen LogP contribution in [0.3, 0.4) is 0 Å². The van der Waals surface area contributed by atoms with Gasteiger partial charge in [-0.2, -0.15) is 0 Å². The second-order valence-corrected chi connectivity index (χ2v) is 7.24. The second-order valence-electron chi connectivity index (χ2n) is 5.56. The molecule has 1 aliphatic rings. The molecule has 1 aromatic heterocycles. The lowest BCUT2D eigenvalue weighted by molar-refractivity contribution is -0.124. The zero-order chi connectivity index (χ0) is 16.3. The largest absolute Gasteiger partial charge is 0.274 e. The van der Waals surface area contributed by atoms with Gasteiger partial charge < -0.3 is 0 Å². The van der Waals surface area contributed by atoms with Crippen LogP contribution in [-0.4, -0.2) is 34.5 Å². The number of hydrogen-bond acceptors (Lipinski definition) is 6. The minimum Gasteiger partial charge on any atom is -0.274 e. The molecule has 0 bridgehead atoms. The Morgan fingerprint density at radius 2 is 2.00 bits per heavy atom. The average Bonchev–Trinajstić information content (AvgIpc) is 3.10. The molecule has 23 heavy (non-hydrogen) atoms. The first kappa shape index (κ1) is 15.6. The van der Waals surface area contributed by atoms with Gasteiger partial charge in [-0.1, -0.05) is 25.3 Å². The Balaban J connectivity index is 1.79. The van der Waals surface area contributed by atoms with Gasteiger partial charge in [0.2, 0.25) is 5.91 Å². The number of amides is 1. The van der Waals surface area contributed by atoms with Gasteiger partial charge in [0.25, 0.3) is 10.0 Å². The Labute approximate surface area is 133 Å². The Bertz CT molecular complexity index is 783. The molecule has 1 N–H and O–H groups in total. The molecule has 1 heterocycles. The van der Waals surface area contributed by atoms with Crippen LogP contribution < -0.4 is 4.72 Å². The van der Waals surface area contributed by atoms with Crippen molar-refractivity contribution in [2.75, 3.05) is 0 Å². The number of nitrogens with zero attached hydrogens (tertiary/aromatic N) is 4. The van der Waals surface area contributed by atoms with Crippen LogP contribution in [0.4, 0.5) is 0 Å². The Hall–Kier alpha value is -2.29. The van der Waals surface area contributed by atoms with Crippen LogP contribution in [0.2, 0.25) is 0 Å². The standard InChI is InChI=1S/C14H17N5O3S/c20-14(11-5-2-1-3-6-11)16-23(21,22)13-8-4-7-12(9-13)19-10-15-17-18-19/h4,7-11H,1-3,5-6H2,(H,16,20). The molecule has 3 rings (SSSR count). The number of tetrazole rings is 1. The van der Waals surface area contributed by atoms with Crippen LogP contribution in [0.1, 0.15) is 32.1 Å². The molecule has 1 aromatic carbocycles. The van der Waals surface area contributed by atoms with Crippen LogP contribution in [0.5, 0.6) is 0 Å². The molecule has 0 spiro atoms. The SMILES string of the molecule is O=C(NS(=O)(=O)c1cccc(-n2cnnn2)c1)C1CCCCC1. The number of hydrogen-bond donors (Lipinski definition) is 1. The Kier molecular flexibility index (Phi) is 4.37. The van der Waals surface area contributed by atoms with Crippen LogP contribution in [0, 0.1) is 5.92 Å². The summed E-state index contributed by atoms with van der Waals surface area (Å²) in [5, 5.41) is 10.7. The first-order valence-electron chi connectivity index (χ1n) is 7.46. The van der Waals surface area contributed by atoms with E-state index in [0.717, 1.165) is 32.1 Å². The van der Waals surface area contributed by atoms with E-state index in [1.54, 1.807) is 12.1 Å². The van der Waals surface area contributed by atoms with Crippen molar-refractivity contribution in [3.8, 4) is 5.69 Å². The summed E-state index contributed by atoms with van der Waals surface area (Å²) in [5.41, 5.74) is 0.503. The van der Waals surface area contributed by atoms with E-state index in [1.807, 2.05) is 0 Å². The summed E-state index contributed by atoms with van der Waals surface area (Å²) >= 11 is 0. The number of rotatable bonds is 4. The van der Waals surface area contributed by atoms with Gasteiger partial charge in [0.05, 0.1) is 10.6 Å². The molecule has 0 saturated heterocycles. The lowest BCUT2D eigenvalue weighted by atomic mass is 9.89. The highest BCUT2D eigenvalue weighted by molar-refractivity contribution is 7.90. The molecule has 2 aromatic rings. The fourth-order valence-electron chi connectivity index (χ4n) is 2.71. The van der Waals surface area contributed by atoms with Crippen LogP contribution in [-0.2, 0) is 14.8 Å². The third-order valence-corrected chi connectivity index (χ3v) is 5.30. The molecule has 122 valence electrons. The second kappa shape index (κ2) is 6.45. The average molecular weight is 335 g/mol. The predicted molar refractivity (Wildman–Crippen MR) is 81.1 cm³/mol. The summed E-state index contributed by atoms with van der Waals surface area (Å²) < 4.78 is 28.4. The minimum absolute atomic E-state index is 0.00894. The van der Waals surface area contributed by atoms with Gasteiger partial charge in [-0.3, -0.25) is 4.79 Å². The molecule has 1 amide bonds. The summed E-state index contributed by atoms with van der Waals surface area (Å²) in [5.74, 6) is -0.640. The van der Waals surface area contributed by atoms with E-state index >= 15 is 0 Å². The summed E-state index contributed by atoms with van der Waals surface area (Å²) in [7, 11) is -3.90. The van der Waals surface area contributed by atoms with Crippen LogP contribution in [0.15, 0.2) is 35.5 Å². The van der Waals surface area contributed by atoms with Crippen molar-refractivity contribution < 1.29 is 13.2 Å². The highest BCUT2D eigenvalue weighted by Crippen LogP contribution is 2.24. The monoisotopic (exact) mass is 335 g/mol.